The Morgan fingerprint density at radius 1 is 1.38 bits per heavy atom. The summed E-state index contributed by atoms with van der Waals surface area (Å²) < 4.78 is 0. The minimum absolute atomic E-state index is 0.261. The first-order valence-electron chi connectivity index (χ1n) is 9.32. The number of rotatable bonds is 5. The third-order valence-corrected chi connectivity index (χ3v) is 5.96. The zero-order valence-electron chi connectivity index (χ0n) is 14.6. The van der Waals surface area contributed by atoms with Crippen molar-refractivity contribution in [2.45, 2.75) is 57.5 Å². The van der Waals surface area contributed by atoms with Gasteiger partial charge in [0.2, 0.25) is 6.41 Å². The van der Waals surface area contributed by atoms with Crippen molar-refractivity contribution in [1.82, 2.24) is 15.2 Å². The highest BCUT2D eigenvalue weighted by molar-refractivity contribution is 5.89. The number of benzene rings is 1. The third-order valence-electron chi connectivity index (χ3n) is 5.96. The Hall–Kier alpha value is -1.81. The molecule has 0 bridgehead atoms. The van der Waals surface area contributed by atoms with Crippen LogP contribution < -0.4 is 5.32 Å². The van der Waals surface area contributed by atoms with Gasteiger partial charge in [0.1, 0.15) is 0 Å². The Morgan fingerprint density at radius 2 is 2.25 bits per heavy atom. The molecule has 1 aliphatic carbocycles. The topological polar surface area (TPSA) is 48.1 Å². The second-order valence-corrected chi connectivity index (χ2v) is 7.30. The van der Waals surface area contributed by atoms with Gasteiger partial charge in [-0.3, -0.25) is 9.69 Å². The summed E-state index contributed by atoms with van der Waals surface area (Å²) >= 11 is 0. The summed E-state index contributed by atoms with van der Waals surface area (Å²) in [5.41, 5.74) is 5.70. The maximum Gasteiger partial charge on any atom is 0.207 e. The molecule has 1 aliphatic heterocycles. The molecular formula is C20H27N3O. The van der Waals surface area contributed by atoms with Crippen molar-refractivity contribution in [2.24, 2.45) is 0 Å². The van der Waals surface area contributed by atoms with Gasteiger partial charge in [0.25, 0.3) is 0 Å². The van der Waals surface area contributed by atoms with Crippen molar-refractivity contribution in [1.29, 1.82) is 0 Å². The Bertz CT molecular complexity index is 751. The van der Waals surface area contributed by atoms with E-state index in [9.17, 15) is 4.79 Å². The van der Waals surface area contributed by atoms with Crippen LogP contribution in [-0.2, 0) is 17.6 Å². The lowest BCUT2D eigenvalue weighted by Crippen LogP contribution is -2.55. The van der Waals surface area contributed by atoms with Crippen molar-refractivity contribution in [3.05, 3.63) is 35.0 Å². The van der Waals surface area contributed by atoms with Crippen molar-refractivity contribution >= 4 is 17.3 Å². The maximum atomic E-state index is 11.0. The first-order valence-corrected chi connectivity index (χ1v) is 9.32. The molecule has 1 aromatic carbocycles. The van der Waals surface area contributed by atoms with Gasteiger partial charge in [0.15, 0.2) is 0 Å². The number of hydrogen-bond acceptors (Lipinski definition) is 2. The molecule has 1 amide bonds. The number of piperidine rings is 1. The zero-order chi connectivity index (χ0) is 16.7. The van der Waals surface area contributed by atoms with E-state index in [1.54, 1.807) is 0 Å². The lowest BCUT2D eigenvalue weighted by atomic mass is 9.73. The normalized spacial score (nSPS) is 26.3. The number of aryl methyl sites for hydroxylation is 1. The molecule has 4 heteroatoms. The predicted octanol–water partition coefficient (Wildman–Crippen LogP) is 2.97. The molecule has 3 atom stereocenters. The highest BCUT2D eigenvalue weighted by Gasteiger charge is 2.41. The fraction of sp³-hybridized carbons (Fsp3) is 0.550. The van der Waals surface area contributed by atoms with E-state index in [0.717, 1.165) is 45.2 Å². The molecule has 2 N–H and O–H groups in total. The average Bonchev–Trinajstić information content (AvgIpc) is 2.96. The van der Waals surface area contributed by atoms with Crippen molar-refractivity contribution in [3.63, 3.8) is 0 Å². The van der Waals surface area contributed by atoms with Gasteiger partial charge in [0.05, 0.1) is 0 Å². The monoisotopic (exact) mass is 325 g/mol. The largest absolute Gasteiger partial charge is 0.358 e. The highest BCUT2D eigenvalue weighted by Crippen LogP contribution is 2.44. The first-order chi connectivity index (χ1) is 11.8. The number of nitrogens with one attached hydrogen (secondary N) is 2. The number of nitrogens with zero attached hydrogens (tertiary/aromatic N) is 1. The lowest BCUT2D eigenvalue weighted by Gasteiger charge is -2.47. The Balaban J connectivity index is 1.81. The molecule has 0 radical (unpaired) electrons. The van der Waals surface area contributed by atoms with Gasteiger partial charge in [-0.15, -0.1) is 0 Å². The fourth-order valence-electron chi connectivity index (χ4n) is 5.02. The van der Waals surface area contributed by atoms with Gasteiger partial charge in [0, 0.05) is 41.1 Å². The van der Waals surface area contributed by atoms with E-state index < -0.39 is 0 Å². The van der Waals surface area contributed by atoms with Crippen LogP contribution in [0.1, 0.15) is 49.4 Å². The molecule has 0 spiro atoms. The third kappa shape index (κ3) is 2.35. The summed E-state index contributed by atoms with van der Waals surface area (Å²) in [5.74, 6) is 0.513. The van der Waals surface area contributed by atoms with Crippen LogP contribution >= 0.6 is 0 Å². The van der Waals surface area contributed by atoms with E-state index in [2.05, 4.69) is 47.2 Å². The summed E-state index contributed by atoms with van der Waals surface area (Å²) in [6.45, 7) is 6.57. The van der Waals surface area contributed by atoms with Gasteiger partial charge >= 0.3 is 0 Å². The highest BCUT2D eigenvalue weighted by atomic mass is 16.1. The Kier molecular flexibility index (Phi) is 4.09. The van der Waals surface area contributed by atoms with Crippen LogP contribution in [0.4, 0.5) is 0 Å². The van der Waals surface area contributed by atoms with Gasteiger partial charge < -0.3 is 10.3 Å². The van der Waals surface area contributed by atoms with Crippen molar-refractivity contribution in [3.8, 4) is 0 Å². The second kappa shape index (κ2) is 6.25. The Morgan fingerprint density at radius 3 is 3.00 bits per heavy atom. The van der Waals surface area contributed by atoms with E-state index in [0.29, 0.717) is 12.0 Å². The van der Waals surface area contributed by atoms with E-state index in [4.69, 9.17) is 0 Å². The zero-order valence-corrected chi connectivity index (χ0v) is 14.6. The molecule has 1 aromatic heterocycles. The van der Waals surface area contributed by atoms with Crippen molar-refractivity contribution < 1.29 is 4.79 Å². The molecule has 4 rings (SSSR count). The molecule has 128 valence electrons. The predicted molar refractivity (Wildman–Crippen MR) is 97.4 cm³/mol. The molecule has 2 aromatic rings. The van der Waals surface area contributed by atoms with E-state index in [1.165, 1.54) is 27.7 Å². The molecule has 2 heterocycles. The molecule has 1 unspecified atom stereocenters. The summed E-state index contributed by atoms with van der Waals surface area (Å²) in [6.07, 6.45) is 5.27. The molecule has 1 saturated heterocycles. The maximum absolute atomic E-state index is 11.0. The summed E-state index contributed by atoms with van der Waals surface area (Å²) in [7, 11) is 0. The summed E-state index contributed by atoms with van der Waals surface area (Å²) in [6, 6.07) is 7.52. The molecule has 0 saturated carbocycles. The smallest absolute Gasteiger partial charge is 0.207 e. The minimum atomic E-state index is 0.261. The van der Waals surface area contributed by atoms with Gasteiger partial charge in [-0.2, -0.15) is 0 Å². The number of fused-ring (bicyclic) bond motifs is 2. The first kappa shape index (κ1) is 15.7. The molecule has 24 heavy (non-hydrogen) atoms. The Labute approximate surface area is 143 Å². The number of hydrogen-bond donors (Lipinski definition) is 2. The van der Waals surface area contributed by atoms with Crippen LogP contribution in [0.2, 0.25) is 0 Å². The minimum Gasteiger partial charge on any atom is -0.358 e. The van der Waals surface area contributed by atoms with E-state index >= 15 is 0 Å². The van der Waals surface area contributed by atoms with Crippen LogP contribution in [0, 0.1) is 0 Å². The lowest BCUT2D eigenvalue weighted by molar-refractivity contribution is -0.110. The second-order valence-electron chi connectivity index (χ2n) is 7.30. The van der Waals surface area contributed by atoms with Crippen LogP contribution in [0.25, 0.3) is 10.9 Å². The number of carbonyl (C=O) groups excluding carboxylic acids is 1. The quantitative estimate of drug-likeness (QED) is 0.830. The van der Waals surface area contributed by atoms with Gasteiger partial charge in [-0.05, 0) is 49.4 Å². The SMILES string of the molecule is CCCN1C[C@@H](NC=O)CC2c3cccc4[nH]c(CC)c(c34)C[C@H]21. The van der Waals surface area contributed by atoms with Crippen LogP contribution in [-0.4, -0.2) is 41.5 Å². The molecule has 2 aliphatic rings. The van der Waals surface area contributed by atoms with Crippen LogP contribution in [0.3, 0.4) is 0 Å². The number of H-pyrrole nitrogens is 1. The van der Waals surface area contributed by atoms with Gasteiger partial charge in [-0.25, -0.2) is 0 Å². The fourth-order valence-corrected chi connectivity index (χ4v) is 5.02. The van der Waals surface area contributed by atoms with E-state index in [1.807, 2.05) is 0 Å². The van der Waals surface area contributed by atoms with Crippen LogP contribution in [0.5, 0.6) is 0 Å². The average molecular weight is 325 g/mol. The summed E-state index contributed by atoms with van der Waals surface area (Å²) in [5, 5.41) is 4.51. The van der Waals surface area contributed by atoms with Gasteiger partial charge in [-0.1, -0.05) is 26.0 Å². The molecule has 1 fully saturated rings. The number of aromatic amines is 1. The van der Waals surface area contributed by atoms with Crippen LogP contribution in [0.15, 0.2) is 18.2 Å². The number of amides is 1. The molecule has 4 nitrogen and oxygen atoms in total. The number of likely N-dealkylation sites (tertiary alicyclic amines) is 1. The molecular weight excluding hydrogens is 298 g/mol. The standard InChI is InChI=1S/C20H27N3O/c1-3-8-23-11-13(21-12-24)9-15-14-6-5-7-18-20(14)16(10-19(15)23)17(4-2)22-18/h5-7,12-13,15,19,22H,3-4,8-11H2,1-2H3,(H,21,24)/t13-,15?,19+/m0/s1. The summed E-state index contributed by atoms with van der Waals surface area (Å²) in [4.78, 5) is 17.3. The number of aromatic nitrogens is 1. The van der Waals surface area contributed by atoms with E-state index in [-0.39, 0.29) is 6.04 Å². The number of carbonyl (C=O) groups is 1. The van der Waals surface area contributed by atoms with Crippen molar-refractivity contribution in [2.75, 3.05) is 13.1 Å².